The molecule has 7 nitrogen and oxygen atoms in total. The predicted molar refractivity (Wildman–Crippen MR) is 107 cm³/mol. The summed E-state index contributed by atoms with van der Waals surface area (Å²) in [5, 5.41) is 4.25. The molecule has 30 heavy (non-hydrogen) atoms. The first kappa shape index (κ1) is 19.8. The predicted octanol–water partition coefficient (Wildman–Crippen LogP) is 4.69. The Morgan fingerprint density at radius 3 is 2.60 bits per heavy atom. The summed E-state index contributed by atoms with van der Waals surface area (Å²) in [5.41, 5.74) is 7.15. The number of alkyl halides is 3. The molecule has 3 aromatic heterocycles. The van der Waals surface area contributed by atoms with Crippen molar-refractivity contribution in [2.75, 3.05) is 5.73 Å². The second kappa shape index (κ2) is 7.38. The Balaban J connectivity index is 1.76. The Morgan fingerprint density at radius 2 is 1.87 bits per heavy atom. The molecule has 0 aliphatic rings. The van der Waals surface area contributed by atoms with E-state index in [4.69, 9.17) is 12.3 Å². The fraction of sp³-hybridized carbons (Fsp3) is 0.105. The van der Waals surface area contributed by atoms with E-state index in [2.05, 4.69) is 40.8 Å². The van der Waals surface area contributed by atoms with Crippen molar-refractivity contribution in [3.63, 3.8) is 0 Å². The zero-order chi connectivity index (χ0) is 21.5. The average molecular weight is 474 g/mol. The smallest absolute Gasteiger partial charge is 0.368 e. The highest BCUT2D eigenvalue weighted by Gasteiger charge is 2.32. The third kappa shape index (κ3) is 3.69. The summed E-state index contributed by atoms with van der Waals surface area (Å²) in [6.07, 6.45) is -4.55. The lowest BCUT2D eigenvalue weighted by Crippen LogP contribution is -2.09. The van der Waals surface area contributed by atoms with Gasteiger partial charge in [-0.3, -0.25) is 0 Å². The topological polar surface area (TPSA) is 86.3 Å². The number of rotatable bonds is 3. The third-order valence-electron chi connectivity index (χ3n) is 4.18. The molecule has 4 rings (SSSR count). The van der Waals surface area contributed by atoms with Gasteiger partial charge in [0.05, 0.1) is 23.2 Å². The average Bonchev–Trinajstić information content (AvgIpc) is 3.15. The van der Waals surface area contributed by atoms with Crippen LogP contribution < -0.4 is 5.73 Å². The van der Waals surface area contributed by atoms with Crippen LogP contribution in [-0.4, -0.2) is 24.6 Å². The number of hydrogen-bond acceptors (Lipinski definition) is 5. The van der Waals surface area contributed by atoms with Crippen LogP contribution in [0.1, 0.15) is 17.2 Å². The molecular weight excluding hydrogens is 463 g/mol. The number of benzene rings is 1. The lowest BCUT2D eigenvalue weighted by Gasteiger charge is -2.07. The quantitative estimate of drug-likeness (QED) is 0.436. The molecule has 1 aromatic carbocycles. The molecule has 2 N–H and O–H groups in total. The highest BCUT2D eigenvalue weighted by Crippen LogP contribution is 2.33. The van der Waals surface area contributed by atoms with E-state index in [-0.39, 0.29) is 23.9 Å². The zero-order valence-electron chi connectivity index (χ0n) is 15.0. The largest absolute Gasteiger partial charge is 0.433 e. The van der Waals surface area contributed by atoms with Crippen molar-refractivity contribution in [2.24, 2.45) is 0 Å². The van der Waals surface area contributed by atoms with Gasteiger partial charge < -0.3 is 5.73 Å². The van der Waals surface area contributed by atoms with Crippen molar-refractivity contribution in [3.8, 4) is 11.3 Å². The molecular formula is C19H11BrF3N7. The van der Waals surface area contributed by atoms with E-state index in [1.807, 2.05) is 0 Å². The number of nitrogen functional groups attached to an aromatic ring is 1. The van der Waals surface area contributed by atoms with Gasteiger partial charge in [-0.05, 0) is 39.7 Å². The summed E-state index contributed by atoms with van der Waals surface area (Å²) in [5.74, 6) is 0.287. The monoisotopic (exact) mass is 473 g/mol. The fourth-order valence-corrected chi connectivity index (χ4v) is 3.43. The van der Waals surface area contributed by atoms with Crippen molar-refractivity contribution in [2.45, 2.75) is 12.6 Å². The standard InChI is InChI=1S/C19H11BrF3N7/c1-25-11-5-2-4-10(8-11)16-15(20)17-27-14(29-30(17)18(24)28-16)9-12-6-3-7-13(26-12)19(21,22)23/h2-8H,9H2,(H2,24,28). The maximum absolute atomic E-state index is 12.9. The van der Waals surface area contributed by atoms with Crippen molar-refractivity contribution in [1.82, 2.24) is 24.6 Å². The van der Waals surface area contributed by atoms with Gasteiger partial charge in [-0.25, -0.2) is 19.8 Å². The first-order valence-corrected chi connectivity index (χ1v) is 9.27. The van der Waals surface area contributed by atoms with Crippen molar-refractivity contribution in [1.29, 1.82) is 0 Å². The molecule has 3 heterocycles. The molecule has 0 saturated carbocycles. The van der Waals surface area contributed by atoms with E-state index >= 15 is 0 Å². The first-order chi connectivity index (χ1) is 14.3. The van der Waals surface area contributed by atoms with Gasteiger partial charge in [-0.2, -0.15) is 17.7 Å². The van der Waals surface area contributed by atoms with Gasteiger partial charge >= 0.3 is 6.18 Å². The molecule has 0 radical (unpaired) electrons. The van der Waals surface area contributed by atoms with E-state index < -0.39 is 11.9 Å². The molecule has 150 valence electrons. The van der Waals surface area contributed by atoms with Gasteiger partial charge in [-0.1, -0.05) is 24.3 Å². The van der Waals surface area contributed by atoms with E-state index in [1.165, 1.54) is 16.6 Å². The molecule has 0 atom stereocenters. The van der Waals surface area contributed by atoms with Crippen molar-refractivity contribution in [3.05, 3.63) is 75.6 Å². The van der Waals surface area contributed by atoms with Crippen LogP contribution in [0.15, 0.2) is 46.9 Å². The molecule has 0 spiro atoms. The second-order valence-electron chi connectivity index (χ2n) is 6.25. The summed E-state index contributed by atoms with van der Waals surface area (Å²) >= 11 is 3.45. The summed E-state index contributed by atoms with van der Waals surface area (Å²) in [6.45, 7) is 7.16. The maximum atomic E-state index is 12.9. The molecule has 11 heteroatoms. The minimum Gasteiger partial charge on any atom is -0.368 e. The Hall–Kier alpha value is -3.52. The fourth-order valence-electron chi connectivity index (χ4n) is 2.86. The van der Waals surface area contributed by atoms with Crippen LogP contribution in [0.5, 0.6) is 0 Å². The SMILES string of the molecule is [C-]#[N+]c1cccc(-c2nc(N)n3nc(Cc4cccc(C(F)(F)F)n4)nc3c2Br)c1. The number of anilines is 1. The lowest BCUT2D eigenvalue weighted by molar-refractivity contribution is -0.141. The van der Waals surface area contributed by atoms with Gasteiger partial charge in [-0.15, -0.1) is 5.10 Å². The molecule has 0 saturated heterocycles. The van der Waals surface area contributed by atoms with E-state index in [1.54, 1.807) is 24.3 Å². The molecule has 0 fully saturated rings. The molecule has 4 aromatic rings. The molecule has 0 unspecified atom stereocenters. The number of pyridine rings is 1. The second-order valence-corrected chi connectivity index (χ2v) is 7.04. The third-order valence-corrected chi connectivity index (χ3v) is 4.91. The molecule has 0 bridgehead atoms. The Kier molecular flexibility index (Phi) is 4.87. The van der Waals surface area contributed by atoms with Crippen LogP contribution in [-0.2, 0) is 12.6 Å². The maximum Gasteiger partial charge on any atom is 0.433 e. The van der Waals surface area contributed by atoms with Gasteiger partial charge in [0, 0.05) is 5.69 Å². The number of nitrogens with two attached hydrogens (primary N) is 1. The van der Waals surface area contributed by atoms with Crippen LogP contribution >= 0.6 is 15.9 Å². The van der Waals surface area contributed by atoms with Crippen LogP contribution in [0.3, 0.4) is 0 Å². The minimum absolute atomic E-state index is 0.0139. The normalized spacial score (nSPS) is 11.6. The van der Waals surface area contributed by atoms with E-state index in [0.717, 1.165) is 6.07 Å². The number of nitrogens with zero attached hydrogens (tertiary/aromatic N) is 6. The number of aromatic nitrogens is 5. The van der Waals surface area contributed by atoms with E-state index in [9.17, 15) is 13.2 Å². The van der Waals surface area contributed by atoms with Gasteiger partial charge in [0.15, 0.2) is 17.2 Å². The molecule has 0 amide bonds. The van der Waals surface area contributed by atoms with Crippen LogP contribution in [0.2, 0.25) is 0 Å². The summed E-state index contributed by atoms with van der Waals surface area (Å²) in [6, 6.07) is 10.5. The zero-order valence-corrected chi connectivity index (χ0v) is 16.6. The summed E-state index contributed by atoms with van der Waals surface area (Å²) in [4.78, 5) is 15.8. The summed E-state index contributed by atoms with van der Waals surface area (Å²) < 4.78 is 40.5. The Bertz CT molecular complexity index is 1310. The Labute approximate surface area is 176 Å². The number of halogens is 4. The first-order valence-electron chi connectivity index (χ1n) is 8.48. The highest BCUT2D eigenvalue weighted by molar-refractivity contribution is 9.10. The van der Waals surface area contributed by atoms with Crippen molar-refractivity contribution >= 4 is 33.2 Å². The lowest BCUT2D eigenvalue weighted by atomic mass is 10.1. The van der Waals surface area contributed by atoms with Crippen LogP contribution in [0, 0.1) is 6.57 Å². The van der Waals surface area contributed by atoms with Crippen LogP contribution in [0.25, 0.3) is 21.7 Å². The van der Waals surface area contributed by atoms with Gasteiger partial charge in [0.25, 0.3) is 0 Å². The number of hydrogen-bond donors (Lipinski definition) is 1. The minimum atomic E-state index is -4.53. The Morgan fingerprint density at radius 1 is 1.10 bits per heavy atom. The van der Waals surface area contributed by atoms with Crippen molar-refractivity contribution < 1.29 is 13.2 Å². The van der Waals surface area contributed by atoms with Gasteiger partial charge in [0.2, 0.25) is 5.95 Å². The highest BCUT2D eigenvalue weighted by atomic mass is 79.9. The van der Waals surface area contributed by atoms with Crippen LogP contribution in [0.4, 0.5) is 24.8 Å². The van der Waals surface area contributed by atoms with E-state index in [0.29, 0.717) is 27.1 Å². The molecule has 0 aliphatic heterocycles. The summed E-state index contributed by atoms with van der Waals surface area (Å²) in [7, 11) is 0. The number of fused-ring (bicyclic) bond motifs is 1. The van der Waals surface area contributed by atoms with Gasteiger partial charge in [0.1, 0.15) is 5.69 Å². The molecule has 0 aliphatic carbocycles.